The quantitative estimate of drug-likeness (QED) is 0.185. The number of anilines is 5. The molecule has 18 rings (SSSR count). The van der Waals surface area contributed by atoms with Crippen LogP contribution in [0.1, 0.15) is 49.9 Å². The molecule has 0 fully saturated rings. The second-order valence-corrected chi connectivity index (χ2v) is 24.2. The molecule has 0 spiro atoms. The Hall–Kier alpha value is -10.2. The Kier molecular flexibility index (Phi) is 11.6. The zero-order valence-electron chi connectivity index (χ0n) is 47.2. The van der Waals surface area contributed by atoms with Crippen LogP contribution in [0.4, 0.5) is 28.6 Å². The van der Waals surface area contributed by atoms with Gasteiger partial charge in [0.1, 0.15) is 26.9 Å². The van der Waals surface area contributed by atoms with Crippen LogP contribution >= 0.6 is 15.9 Å². The summed E-state index contributed by atoms with van der Waals surface area (Å²) in [5, 5.41) is 22.3. The normalized spacial score (nSPS) is 13.4. The summed E-state index contributed by atoms with van der Waals surface area (Å²) in [6, 6.07) is 85.5. The summed E-state index contributed by atoms with van der Waals surface area (Å²) < 4.78 is 16.9. The fourth-order valence-electron chi connectivity index (χ4n) is 13.3. The third-order valence-corrected chi connectivity index (χ3v) is 17.9. The van der Waals surface area contributed by atoms with E-state index in [2.05, 4.69) is 259 Å². The van der Waals surface area contributed by atoms with Gasteiger partial charge in [-0.25, -0.2) is 9.03 Å². The van der Waals surface area contributed by atoms with E-state index in [9.17, 15) is 0 Å². The van der Waals surface area contributed by atoms with Gasteiger partial charge < -0.3 is 14.2 Å². The van der Waals surface area contributed by atoms with Crippen LogP contribution in [-0.2, 0) is 10.8 Å². The van der Waals surface area contributed by atoms with Crippen LogP contribution in [0.3, 0.4) is 0 Å². The van der Waals surface area contributed by atoms with E-state index in [1.54, 1.807) is 0 Å². The van der Waals surface area contributed by atoms with Crippen molar-refractivity contribution in [1.29, 1.82) is 0 Å². The molecular formula is C76H55BrN6O2. The third-order valence-electron chi connectivity index (χ3n) is 17.5. The van der Waals surface area contributed by atoms with Gasteiger partial charge in [0.15, 0.2) is 5.82 Å². The number of halogens is 1. The average molecular weight is 1160 g/mol. The van der Waals surface area contributed by atoms with Gasteiger partial charge in [0.2, 0.25) is 0 Å². The van der Waals surface area contributed by atoms with Gasteiger partial charge in [-0.15, -0.1) is 5.10 Å². The van der Waals surface area contributed by atoms with Crippen LogP contribution in [-0.4, -0.2) is 19.2 Å². The number of pyridine rings is 2. The highest BCUT2D eigenvalue weighted by Gasteiger charge is 2.37. The lowest BCUT2D eigenvalue weighted by Gasteiger charge is -2.25. The lowest BCUT2D eigenvalue weighted by atomic mass is 9.82. The molecule has 6 aromatic heterocycles. The van der Waals surface area contributed by atoms with Crippen LogP contribution in [0.2, 0.25) is 0 Å². The molecule has 2 aliphatic carbocycles. The average Bonchev–Trinajstić information content (AvgIpc) is 4.44. The Bertz CT molecular complexity index is 5250. The minimum absolute atomic E-state index is 0.0407. The van der Waals surface area contributed by atoms with Gasteiger partial charge in [-0.3, -0.25) is 4.90 Å². The third kappa shape index (κ3) is 8.48. The summed E-state index contributed by atoms with van der Waals surface area (Å²) in [6.07, 6.45) is 4.15. The first-order chi connectivity index (χ1) is 41.5. The molecule has 10 aromatic carbocycles. The summed E-state index contributed by atoms with van der Waals surface area (Å²) in [5.41, 5.74) is 20.8. The maximum Gasteiger partial charge on any atom is 0.160 e. The van der Waals surface area contributed by atoms with Crippen molar-refractivity contribution in [2.24, 2.45) is 0 Å². The Morgan fingerprint density at radius 1 is 0.376 bits per heavy atom. The number of fused-ring (bicyclic) bond motifs is 16. The lowest BCUT2D eigenvalue weighted by molar-refractivity contribution is 0.660. The largest absolute Gasteiger partial charge is 0.456 e. The second-order valence-electron chi connectivity index (χ2n) is 23.4. The SMILES string of the molecule is Brc1cc2cc3ccccc3cn2n1.CC1(C)c2ccccc2-c2cc(N(c3ccc4oc5ccccc5c4c3)c3cc4cc5ccccc5cn4n3)ccc21.CC1(C)c2ccccc2-c2cc(Nc3ccc4oc5ccccc5c4c3)ccc21. The highest BCUT2D eigenvalue weighted by atomic mass is 79.9. The standard InChI is InChI=1S/C38H27N3O.C27H21NO.C11H7BrN2/c1-38(2)33-13-7-5-11-29(33)31-20-26(15-17-34(31)38)41(27-16-18-36-32(21-27)30-12-6-8-14-35(30)42-36)37-22-28-19-24-9-3-4-10-25(24)23-40(28)39-37;1-27(2)23-9-5-3-7-19(23)21-15-17(11-13-24(21)27)28-18-12-14-26-22(16-18)20-8-4-6-10-25(20)29-26;12-11-6-10-5-8-3-1-2-4-9(8)7-14(10)13-11/h3-23H,1-2H3;3-16,28H,1-2H3;1-7H. The van der Waals surface area contributed by atoms with E-state index in [-0.39, 0.29) is 10.8 Å². The maximum atomic E-state index is 6.17. The van der Waals surface area contributed by atoms with E-state index >= 15 is 0 Å². The monoisotopic (exact) mass is 1160 g/mol. The molecule has 0 atom stereocenters. The first-order valence-electron chi connectivity index (χ1n) is 28.8. The molecule has 2 aliphatic rings. The number of hydrogen-bond donors (Lipinski definition) is 1. The van der Waals surface area contributed by atoms with Gasteiger partial charge in [-0.1, -0.05) is 173 Å². The molecule has 408 valence electrons. The van der Waals surface area contributed by atoms with Crippen LogP contribution in [0.25, 0.3) is 98.7 Å². The number of nitrogens with one attached hydrogen (secondary N) is 1. The number of aromatic nitrogens is 4. The predicted molar refractivity (Wildman–Crippen MR) is 354 cm³/mol. The number of benzene rings is 10. The second kappa shape index (κ2) is 19.4. The smallest absolute Gasteiger partial charge is 0.160 e. The van der Waals surface area contributed by atoms with Gasteiger partial charge in [0.25, 0.3) is 0 Å². The summed E-state index contributed by atoms with van der Waals surface area (Å²) >= 11 is 3.37. The minimum atomic E-state index is -0.0485. The molecule has 0 saturated heterocycles. The van der Waals surface area contributed by atoms with E-state index in [4.69, 9.17) is 13.9 Å². The Labute approximate surface area is 498 Å². The Morgan fingerprint density at radius 2 is 0.824 bits per heavy atom. The van der Waals surface area contributed by atoms with Crippen LogP contribution in [0, 0.1) is 0 Å². The maximum absolute atomic E-state index is 6.17. The van der Waals surface area contributed by atoms with Crippen molar-refractivity contribution in [3.05, 3.63) is 282 Å². The molecule has 1 N–H and O–H groups in total. The van der Waals surface area contributed by atoms with Crippen LogP contribution in [0.5, 0.6) is 0 Å². The molecule has 0 radical (unpaired) electrons. The lowest BCUT2D eigenvalue weighted by Crippen LogP contribution is -2.15. The first-order valence-corrected chi connectivity index (χ1v) is 29.6. The number of furan rings is 2. The van der Waals surface area contributed by atoms with Crippen molar-refractivity contribution in [3.63, 3.8) is 0 Å². The number of para-hydroxylation sites is 2. The summed E-state index contributed by atoms with van der Waals surface area (Å²) in [4.78, 5) is 2.27. The van der Waals surface area contributed by atoms with Crippen molar-refractivity contribution in [2.75, 3.05) is 10.2 Å². The van der Waals surface area contributed by atoms with E-state index in [1.165, 1.54) is 60.7 Å². The Balaban J connectivity index is 0.000000117. The number of hydrogen-bond acceptors (Lipinski definition) is 6. The summed E-state index contributed by atoms with van der Waals surface area (Å²) in [7, 11) is 0. The van der Waals surface area contributed by atoms with E-state index in [0.29, 0.717) is 0 Å². The van der Waals surface area contributed by atoms with E-state index < -0.39 is 0 Å². The molecule has 6 heterocycles. The zero-order chi connectivity index (χ0) is 57.1. The summed E-state index contributed by atoms with van der Waals surface area (Å²) in [5.74, 6) is 0.864. The topological polar surface area (TPSA) is 76.2 Å². The summed E-state index contributed by atoms with van der Waals surface area (Å²) in [6.45, 7) is 9.26. The highest BCUT2D eigenvalue weighted by molar-refractivity contribution is 9.10. The number of rotatable bonds is 5. The zero-order valence-corrected chi connectivity index (χ0v) is 48.8. The van der Waals surface area contributed by atoms with Gasteiger partial charge in [-0.05, 0) is 162 Å². The minimum Gasteiger partial charge on any atom is -0.456 e. The fraction of sp³-hybridized carbons (Fsp3) is 0.0789. The van der Waals surface area contributed by atoms with Crippen LogP contribution in [0.15, 0.2) is 268 Å². The molecule has 0 saturated carbocycles. The van der Waals surface area contributed by atoms with Gasteiger partial charge in [0, 0.05) is 84.4 Å². The van der Waals surface area contributed by atoms with Crippen molar-refractivity contribution in [1.82, 2.24) is 19.2 Å². The molecule has 0 bridgehead atoms. The van der Waals surface area contributed by atoms with Crippen molar-refractivity contribution < 1.29 is 8.83 Å². The fourth-order valence-corrected chi connectivity index (χ4v) is 13.7. The molecule has 8 nitrogen and oxygen atoms in total. The number of nitrogens with zero attached hydrogens (tertiary/aromatic N) is 5. The molecular weight excluding hydrogens is 1110 g/mol. The molecule has 9 heteroatoms. The highest BCUT2D eigenvalue weighted by Crippen LogP contribution is 2.52. The van der Waals surface area contributed by atoms with Crippen molar-refractivity contribution in [2.45, 2.75) is 38.5 Å². The van der Waals surface area contributed by atoms with Gasteiger partial charge >= 0.3 is 0 Å². The van der Waals surface area contributed by atoms with Gasteiger partial charge in [-0.2, -0.15) is 5.10 Å². The van der Waals surface area contributed by atoms with E-state index in [0.717, 1.165) is 93.5 Å². The van der Waals surface area contributed by atoms with Crippen molar-refractivity contribution in [3.8, 4) is 22.3 Å². The molecule has 0 aliphatic heterocycles. The van der Waals surface area contributed by atoms with Crippen molar-refractivity contribution >= 4 is 121 Å². The molecule has 85 heavy (non-hydrogen) atoms. The van der Waals surface area contributed by atoms with Crippen LogP contribution < -0.4 is 10.2 Å². The molecule has 16 aromatic rings. The van der Waals surface area contributed by atoms with E-state index in [1.807, 2.05) is 63.8 Å². The Morgan fingerprint density at radius 3 is 1.47 bits per heavy atom. The van der Waals surface area contributed by atoms with Gasteiger partial charge in [0.05, 0.1) is 11.0 Å². The first kappa shape index (κ1) is 50.5. The molecule has 0 unspecified atom stereocenters. The predicted octanol–water partition coefficient (Wildman–Crippen LogP) is 21.0. The molecule has 0 amide bonds.